The topological polar surface area (TPSA) is 29.5 Å². The average Bonchev–Trinajstić information content (AvgIpc) is 2.14. The monoisotopic (exact) mass is 284 g/mol. The highest BCUT2D eigenvalue weighted by molar-refractivity contribution is 9.10. The Morgan fingerprint density at radius 2 is 2.12 bits per heavy atom. The molecule has 0 bridgehead atoms. The van der Waals surface area contributed by atoms with Gasteiger partial charge in [-0.1, -0.05) is 12.7 Å². The molecular formula is C13H17BrO2. The van der Waals surface area contributed by atoms with Crippen LogP contribution in [0.25, 0.3) is 0 Å². The van der Waals surface area contributed by atoms with E-state index >= 15 is 0 Å². The summed E-state index contributed by atoms with van der Waals surface area (Å²) < 4.78 is 6.43. The molecule has 0 aliphatic carbocycles. The maximum atomic E-state index is 10.1. The van der Waals surface area contributed by atoms with Crippen LogP contribution in [0.1, 0.15) is 25.0 Å². The summed E-state index contributed by atoms with van der Waals surface area (Å²) in [5, 5.41) is 10.1. The van der Waals surface area contributed by atoms with Crippen LogP contribution in [-0.2, 0) is 5.60 Å². The van der Waals surface area contributed by atoms with Gasteiger partial charge in [-0.05, 0) is 54.4 Å². The predicted octanol–water partition coefficient (Wildman–Crippen LogP) is 3.55. The van der Waals surface area contributed by atoms with Crippen LogP contribution in [0.3, 0.4) is 0 Å². The molecule has 88 valence electrons. The first-order valence-corrected chi connectivity index (χ1v) is 5.92. The molecule has 1 rings (SSSR count). The minimum absolute atomic E-state index is 0.421. The van der Waals surface area contributed by atoms with E-state index in [1.165, 1.54) is 0 Å². The van der Waals surface area contributed by atoms with Crippen LogP contribution in [0.5, 0.6) is 5.75 Å². The fraction of sp³-hybridized carbons (Fsp3) is 0.385. The number of aliphatic hydroxyl groups is 1. The summed E-state index contributed by atoms with van der Waals surface area (Å²) in [6.45, 7) is 9.51. The summed E-state index contributed by atoms with van der Waals surface area (Å²) in [6.07, 6.45) is 1.68. The number of rotatable bonds is 4. The molecule has 1 aromatic rings. The zero-order valence-electron chi connectivity index (χ0n) is 9.88. The molecular weight excluding hydrogens is 268 g/mol. The van der Waals surface area contributed by atoms with Crippen molar-refractivity contribution in [1.29, 1.82) is 0 Å². The van der Waals surface area contributed by atoms with Gasteiger partial charge in [0.05, 0.1) is 10.1 Å². The summed E-state index contributed by atoms with van der Waals surface area (Å²) >= 11 is 3.45. The van der Waals surface area contributed by atoms with Crippen LogP contribution < -0.4 is 4.74 Å². The molecule has 0 fully saturated rings. The normalized spacial score (nSPS) is 11.3. The molecule has 16 heavy (non-hydrogen) atoms. The van der Waals surface area contributed by atoms with Crippen LogP contribution in [0.15, 0.2) is 29.3 Å². The van der Waals surface area contributed by atoms with Gasteiger partial charge in [-0.15, -0.1) is 0 Å². The fourth-order valence-electron chi connectivity index (χ4n) is 1.47. The Morgan fingerprint density at radius 1 is 1.50 bits per heavy atom. The molecule has 0 unspecified atom stereocenters. The van der Waals surface area contributed by atoms with Gasteiger partial charge in [-0.2, -0.15) is 0 Å². The third kappa shape index (κ3) is 3.09. The van der Waals surface area contributed by atoms with E-state index in [9.17, 15) is 5.11 Å². The Balaban J connectivity index is 3.26. The van der Waals surface area contributed by atoms with Gasteiger partial charge < -0.3 is 9.84 Å². The van der Waals surface area contributed by atoms with E-state index in [-0.39, 0.29) is 0 Å². The SMILES string of the molecule is C=CCOc1c(Br)cc(C)cc1C(C)(C)O. The van der Waals surface area contributed by atoms with E-state index in [0.717, 1.165) is 15.6 Å². The van der Waals surface area contributed by atoms with Crippen molar-refractivity contribution < 1.29 is 9.84 Å². The van der Waals surface area contributed by atoms with Gasteiger partial charge in [0.2, 0.25) is 0 Å². The Hall–Kier alpha value is -0.800. The maximum absolute atomic E-state index is 10.1. The third-order valence-electron chi connectivity index (χ3n) is 2.19. The van der Waals surface area contributed by atoms with Gasteiger partial charge in [-0.25, -0.2) is 0 Å². The lowest BCUT2D eigenvalue weighted by Gasteiger charge is -2.23. The second kappa shape index (κ2) is 5.02. The van der Waals surface area contributed by atoms with Crippen molar-refractivity contribution in [2.75, 3.05) is 6.61 Å². The van der Waals surface area contributed by atoms with Crippen LogP contribution in [0.2, 0.25) is 0 Å². The Labute approximate surface area is 105 Å². The average molecular weight is 285 g/mol. The number of ether oxygens (including phenoxy) is 1. The minimum atomic E-state index is -0.926. The van der Waals surface area contributed by atoms with Gasteiger partial charge in [0.1, 0.15) is 12.4 Å². The molecule has 0 amide bonds. The van der Waals surface area contributed by atoms with Crippen molar-refractivity contribution in [3.8, 4) is 5.75 Å². The maximum Gasteiger partial charge on any atom is 0.140 e. The second-order valence-corrected chi connectivity index (χ2v) is 5.14. The first-order valence-electron chi connectivity index (χ1n) is 5.13. The molecule has 1 aromatic carbocycles. The van der Waals surface area contributed by atoms with E-state index in [1.807, 2.05) is 19.1 Å². The molecule has 0 radical (unpaired) electrons. The second-order valence-electron chi connectivity index (χ2n) is 4.28. The number of hydrogen-bond donors (Lipinski definition) is 1. The van der Waals surface area contributed by atoms with E-state index in [1.54, 1.807) is 19.9 Å². The van der Waals surface area contributed by atoms with Crippen LogP contribution in [0.4, 0.5) is 0 Å². The van der Waals surface area contributed by atoms with E-state index in [2.05, 4.69) is 22.5 Å². The molecule has 0 aliphatic rings. The van der Waals surface area contributed by atoms with Crippen molar-refractivity contribution in [2.45, 2.75) is 26.4 Å². The summed E-state index contributed by atoms with van der Waals surface area (Å²) in [5.41, 5.74) is 0.932. The number of halogens is 1. The highest BCUT2D eigenvalue weighted by atomic mass is 79.9. The molecule has 0 spiro atoms. The largest absolute Gasteiger partial charge is 0.488 e. The van der Waals surface area contributed by atoms with E-state index < -0.39 is 5.60 Å². The van der Waals surface area contributed by atoms with Gasteiger partial charge in [0.15, 0.2) is 0 Å². The molecule has 3 heteroatoms. The highest BCUT2D eigenvalue weighted by Crippen LogP contribution is 2.37. The highest BCUT2D eigenvalue weighted by Gasteiger charge is 2.23. The molecule has 0 saturated heterocycles. The number of aryl methyl sites for hydroxylation is 1. The van der Waals surface area contributed by atoms with Crippen molar-refractivity contribution in [3.05, 3.63) is 40.4 Å². The van der Waals surface area contributed by atoms with Crippen molar-refractivity contribution in [3.63, 3.8) is 0 Å². The lowest BCUT2D eigenvalue weighted by molar-refractivity contribution is 0.0750. The van der Waals surface area contributed by atoms with Crippen molar-refractivity contribution in [1.82, 2.24) is 0 Å². The molecule has 0 saturated carbocycles. The zero-order chi connectivity index (χ0) is 12.3. The summed E-state index contributed by atoms with van der Waals surface area (Å²) in [5.74, 6) is 0.679. The fourth-order valence-corrected chi connectivity index (χ4v) is 2.16. The quantitative estimate of drug-likeness (QED) is 0.857. The first kappa shape index (κ1) is 13.3. The summed E-state index contributed by atoms with van der Waals surface area (Å²) in [7, 11) is 0. The summed E-state index contributed by atoms with van der Waals surface area (Å²) in [4.78, 5) is 0. The third-order valence-corrected chi connectivity index (χ3v) is 2.78. The van der Waals surface area contributed by atoms with Crippen LogP contribution in [-0.4, -0.2) is 11.7 Å². The standard InChI is InChI=1S/C13H17BrO2/c1-5-6-16-12-10(13(3,4)15)7-9(2)8-11(12)14/h5,7-8,15H,1,6H2,2-4H3. The lowest BCUT2D eigenvalue weighted by atomic mass is 9.95. The predicted molar refractivity (Wildman–Crippen MR) is 69.8 cm³/mol. The smallest absolute Gasteiger partial charge is 0.140 e. The van der Waals surface area contributed by atoms with E-state index in [4.69, 9.17) is 4.74 Å². The molecule has 0 aromatic heterocycles. The Kier molecular flexibility index (Phi) is 4.16. The van der Waals surface area contributed by atoms with Crippen molar-refractivity contribution in [2.24, 2.45) is 0 Å². The Morgan fingerprint density at radius 3 is 2.62 bits per heavy atom. The molecule has 1 N–H and O–H groups in total. The molecule has 0 heterocycles. The zero-order valence-corrected chi connectivity index (χ0v) is 11.5. The molecule has 0 atom stereocenters. The molecule has 2 nitrogen and oxygen atoms in total. The van der Waals surface area contributed by atoms with Crippen molar-refractivity contribution >= 4 is 15.9 Å². The van der Waals surface area contributed by atoms with Gasteiger partial charge in [0.25, 0.3) is 0 Å². The first-order chi connectivity index (χ1) is 7.36. The van der Waals surface area contributed by atoms with E-state index in [0.29, 0.717) is 12.4 Å². The number of hydrogen-bond acceptors (Lipinski definition) is 2. The van der Waals surface area contributed by atoms with Gasteiger partial charge in [-0.3, -0.25) is 0 Å². The van der Waals surface area contributed by atoms with Crippen LogP contribution in [0, 0.1) is 6.92 Å². The van der Waals surface area contributed by atoms with Crippen LogP contribution >= 0.6 is 15.9 Å². The Bertz CT molecular complexity index is 392. The van der Waals surface area contributed by atoms with Gasteiger partial charge in [0, 0.05) is 5.56 Å². The lowest BCUT2D eigenvalue weighted by Crippen LogP contribution is -2.18. The van der Waals surface area contributed by atoms with Gasteiger partial charge >= 0.3 is 0 Å². The summed E-state index contributed by atoms with van der Waals surface area (Å²) in [6, 6.07) is 3.90. The number of benzene rings is 1. The molecule has 0 aliphatic heterocycles. The minimum Gasteiger partial charge on any atom is -0.488 e.